The standard InChI is InChI=1S/C12H10BrNO4S2/c1-2-7(11(16)17)14-10(15)8(20-12(14)19)5-6-3-4-9(13)18-6/h3-5,7H,2H2,1H3,(H,16,17)/b8-5+/t7-/m1/s1. The van der Waals surface area contributed by atoms with Crippen LogP contribution in [0.2, 0.25) is 0 Å². The molecule has 0 radical (unpaired) electrons. The largest absolute Gasteiger partial charge is 0.480 e. The zero-order valence-electron chi connectivity index (χ0n) is 10.3. The smallest absolute Gasteiger partial charge is 0.326 e. The van der Waals surface area contributed by atoms with Crippen LogP contribution in [0, 0.1) is 0 Å². The number of rotatable bonds is 4. The van der Waals surface area contributed by atoms with Crippen LogP contribution >= 0.6 is 39.9 Å². The molecule has 1 atom stereocenters. The van der Waals surface area contributed by atoms with Crippen LogP contribution in [0.1, 0.15) is 19.1 Å². The van der Waals surface area contributed by atoms with E-state index in [0.29, 0.717) is 21.8 Å². The van der Waals surface area contributed by atoms with Gasteiger partial charge >= 0.3 is 5.97 Å². The molecule has 1 amide bonds. The Kier molecular flexibility index (Phi) is 4.66. The second kappa shape index (κ2) is 6.11. The number of carboxylic acid groups (broad SMARTS) is 1. The van der Waals surface area contributed by atoms with Gasteiger partial charge in [0.25, 0.3) is 5.91 Å². The molecule has 0 spiro atoms. The van der Waals surface area contributed by atoms with Gasteiger partial charge in [0, 0.05) is 6.08 Å². The van der Waals surface area contributed by atoms with Crippen molar-refractivity contribution in [2.24, 2.45) is 0 Å². The normalized spacial score (nSPS) is 18.9. The van der Waals surface area contributed by atoms with Crippen LogP contribution in [0.5, 0.6) is 0 Å². The molecule has 1 fully saturated rings. The lowest BCUT2D eigenvalue weighted by atomic mass is 10.2. The lowest BCUT2D eigenvalue weighted by Crippen LogP contribution is -2.43. The number of nitrogens with zero attached hydrogens (tertiary/aromatic N) is 1. The zero-order valence-corrected chi connectivity index (χ0v) is 13.5. The van der Waals surface area contributed by atoms with Crippen molar-refractivity contribution in [2.45, 2.75) is 19.4 Å². The first kappa shape index (κ1) is 15.3. The van der Waals surface area contributed by atoms with E-state index in [4.69, 9.17) is 21.7 Å². The van der Waals surface area contributed by atoms with Crippen LogP contribution < -0.4 is 0 Å². The number of thioether (sulfide) groups is 1. The number of amides is 1. The van der Waals surface area contributed by atoms with Crippen LogP contribution in [0.25, 0.3) is 6.08 Å². The van der Waals surface area contributed by atoms with Crippen LogP contribution in [0.3, 0.4) is 0 Å². The molecule has 5 nitrogen and oxygen atoms in total. The minimum Gasteiger partial charge on any atom is -0.480 e. The summed E-state index contributed by atoms with van der Waals surface area (Å²) in [7, 11) is 0. The summed E-state index contributed by atoms with van der Waals surface area (Å²) in [5, 5.41) is 9.14. The molecule has 0 aliphatic carbocycles. The first-order valence-electron chi connectivity index (χ1n) is 5.69. The Balaban J connectivity index is 2.29. The summed E-state index contributed by atoms with van der Waals surface area (Å²) in [4.78, 5) is 24.9. The Morgan fingerprint density at radius 1 is 1.65 bits per heavy atom. The number of hydrogen-bond acceptors (Lipinski definition) is 5. The third-order valence-electron chi connectivity index (χ3n) is 2.67. The lowest BCUT2D eigenvalue weighted by molar-refractivity contribution is -0.145. The van der Waals surface area contributed by atoms with E-state index in [9.17, 15) is 9.59 Å². The highest BCUT2D eigenvalue weighted by atomic mass is 79.9. The van der Waals surface area contributed by atoms with Crippen LogP contribution in [-0.2, 0) is 9.59 Å². The second-order valence-corrected chi connectivity index (χ2v) is 6.41. The van der Waals surface area contributed by atoms with Gasteiger partial charge in [0.05, 0.1) is 4.91 Å². The summed E-state index contributed by atoms with van der Waals surface area (Å²) >= 11 is 9.35. The maximum Gasteiger partial charge on any atom is 0.326 e. The lowest BCUT2D eigenvalue weighted by Gasteiger charge is -2.21. The zero-order chi connectivity index (χ0) is 14.9. The van der Waals surface area contributed by atoms with E-state index in [-0.39, 0.29) is 4.32 Å². The van der Waals surface area contributed by atoms with E-state index in [2.05, 4.69) is 15.9 Å². The van der Waals surface area contributed by atoms with Gasteiger partial charge in [-0.3, -0.25) is 9.69 Å². The Bertz CT molecular complexity index is 610. The molecular weight excluding hydrogens is 366 g/mol. The van der Waals surface area contributed by atoms with Crippen molar-refractivity contribution < 1.29 is 19.1 Å². The molecule has 0 bridgehead atoms. The van der Waals surface area contributed by atoms with Gasteiger partial charge in [-0.15, -0.1) is 0 Å². The highest BCUT2D eigenvalue weighted by Crippen LogP contribution is 2.35. The van der Waals surface area contributed by atoms with Gasteiger partial charge in [-0.05, 0) is 34.5 Å². The number of hydrogen-bond donors (Lipinski definition) is 1. The molecule has 1 aromatic heterocycles. The molecule has 1 aliphatic rings. The molecule has 2 rings (SSSR count). The number of thiocarbonyl (C=S) groups is 1. The monoisotopic (exact) mass is 375 g/mol. The van der Waals surface area contributed by atoms with Crippen molar-refractivity contribution in [3.63, 3.8) is 0 Å². The summed E-state index contributed by atoms with van der Waals surface area (Å²) in [5.74, 6) is -0.965. The van der Waals surface area contributed by atoms with E-state index in [0.717, 1.165) is 16.7 Å². The van der Waals surface area contributed by atoms with E-state index in [1.807, 2.05) is 0 Å². The molecule has 1 N–H and O–H groups in total. The number of furan rings is 1. The maximum atomic E-state index is 12.3. The molecular formula is C12H10BrNO4S2. The summed E-state index contributed by atoms with van der Waals surface area (Å²) < 4.78 is 6.10. The van der Waals surface area contributed by atoms with Gasteiger partial charge in [-0.25, -0.2) is 4.79 Å². The van der Waals surface area contributed by atoms with Crippen LogP contribution in [0.15, 0.2) is 26.1 Å². The Labute approximate surface area is 133 Å². The minimum absolute atomic E-state index is 0.251. The predicted octanol–water partition coefficient (Wildman–Crippen LogP) is 3.11. The van der Waals surface area contributed by atoms with Gasteiger partial charge in [-0.1, -0.05) is 30.9 Å². The van der Waals surface area contributed by atoms with Gasteiger partial charge in [0.2, 0.25) is 0 Å². The fourth-order valence-corrected chi connectivity index (χ4v) is 3.41. The second-order valence-electron chi connectivity index (χ2n) is 3.96. The van der Waals surface area contributed by atoms with Crippen LogP contribution in [-0.4, -0.2) is 32.2 Å². The number of aliphatic carboxylic acids is 1. The third-order valence-corrected chi connectivity index (χ3v) is 4.43. The maximum absolute atomic E-state index is 12.3. The average molecular weight is 376 g/mol. The summed E-state index contributed by atoms with van der Waals surface area (Å²) in [6, 6.07) is 2.47. The number of halogens is 1. The third kappa shape index (κ3) is 2.97. The Morgan fingerprint density at radius 3 is 2.85 bits per heavy atom. The number of carbonyl (C=O) groups excluding carboxylic acids is 1. The van der Waals surface area contributed by atoms with Gasteiger partial charge in [0.15, 0.2) is 4.67 Å². The highest BCUT2D eigenvalue weighted by Gasteiger charge is 2.39. The molecule has 0 aromatic carbocycles. The van der Waals surface area contributed by atoms with E-state index in [1.54, 1.807) is 25.1 Å². The van der Waals surface area contributed by atoms with Gasteiger partial charge in [0.1, 0.15) is 16.1 Å². The SMILES string of the molecule is CC[C@H](C(=O)O)N1C(=O)/C(=C\c2ccc(Br)o2)SC1=S. The fourth-order valence-electron chi connectivity index (χ4n) is 1.75. The summed E-state index contributed by atoms with van der Waals surface area (Å²) in [6.07, 6.45) is 1.85. The predicted molar refractivity (Wildman–Crippen MR) is 83.1 cm³/mol. The van der Waals surface area contributed by atoms with Crippen molar-refractivity contribution in [3.8, 4) is 0 Å². The fraction of sp³-hybridized carbons (Fsp3) is 0.250. The topological polar surface area (TPSA) is 70.8 Å². The van der Waals surface area contributed by atoms with Crippen molar-refractivity contribution in [1.29, 1.82) is 0 Å². The molecule has 1 aromatic rings. The van der Waals surface area contributed by atoms with Crippen molar-refractivity contribution in [2.75, 3.05) is 0 Å². The Hall–Kier alpha value is -1.12. The first-order valence-corrected chi connectivity index (χ1v) is 7.71. The molecule has 106 valence electrons. The first-order chi connectivity index (χ1) is 9.43. The molecule has 1 saturated heterocycles. The quantitative estimate of drug-likeness (QED) is 0.643. The van der Waals surface area contributed by atoms with Crippen molar-refractivity contribution >= 4 is 62.2 Å². The van der Waals surface area contributed by atoms with E-state index < -0.39 is 17.9 Å². The average Bonchev–Trinajstić information content (AvgIpc) is 2.89. The van der Waals surface area contributed by atoms with Gasteiger partial charge < -0.3 is 9.52 Å². The molecule has 1 aliphatic heterocycles. The van der Waals surface area contributed by atoms with E-state index in [1.165, 1.54) is 0 Å². The minimum atomic E-state index is -1.06. The van der Waals surface area contributed by atoms with Gasteiger partial charge in [-0.2, -0.15) is 0 Å². The summed E-state index contributed by atoms with van der Waals surface area (Å²) in [5.41, 5.74) is 0. The Morgan fingerprint density at radius 2 is 2.35 bits per heavy atom. The van der Waals surface area contributed by atoms with Crippen molar-refractivity contribution in [1.82, 2.24) is 4.90 Å². The number of carbonyl (C=O) groups is 2. The molecule has 2 heterocycles. The molecule has 0 saturated carbocycles. The summed E-state index contributed by atoms with van der Waals surface area (Å²) in [6.45, 7) is 1.70. The molecule has 0 unspecified atom stereocenters. The van der Waals surface area contributed by atoms with Crippen LogP contribution in [0.4, 0.5) is 0 Å². The molecule has 8 heteroatoms. The molecule has 20 heavy (non-hydrogen) atoms. The number of carboxylic acids is 1. The highest BCUT2D eigenvalue weighted by molar-refractivity contribution is 9.10. The van der Waals surface area contributed by atoms with E-state index >= 15 is 0 Å². The van der Waals surface area contributed by atoms with Crippen molar-refractivity contribution in [3.05, 3.63) is 27.5 Å².